The van der Waals surface area contributed by atoms with E-state index in [0.29, 0.717) is 6.42 Å². The van der Waals surface area contributed by atoms with E-state index in [1.165, 1.54) is 55.0 Å². The van der Waals surface area contributed by atoms with Crippen molar-refractivity contribution in [1.82, 2.24) is 0 Å². The molecule has 0 aliphatic carbocycles. The van der Waals surface area contributed by atoms with Crippen molar-refractivity contribution in [2.75, 3.05) is 11.3 Å². The van der Waals surface area contributed by atoms with Crippen LogP contribution in [0.2, 0.25) is 0 Å². The van der Waals surface area contributed by atoms with Crippen molar-refractivity contribution in [1.29, 1.82) is 0 Å². The molecule has 0 fully saturated rings. The van der Waals surface area contributed by atoms with Gasteiger partial charge in [-0.05, 0) is 55.0 Å². The fourth-order valence-electron chi connectivity index (χ4n) is 2.65. The Balaban J connectivity index is 1.94. The molecular formula is C20H27NO6S2. The number of rotatable bonds is 12. The van der Waals surface area contributed by atoms with Gasteiger partial charge in [0.2, 0.25) is 0 Å². The highest BCUT2D eigenvalue weighted by Gasteiger charge is 2.18. The molecule has 0 aliphatic heterocycles. The first-order chi connectivity index (χ1) is 13.7. The van der Waals surface area contributed by atoms with Crippen molar-refractivity contribution >= 4 is 25.8 Å². The number of sulfonamides is 1. The summed E-state index contributed by atoms with van der Waals surface area (Å²) in [6, 6.07) is 10.4. The molecule has 0 radical (unpaired) electrons. The van der Waals surface area contributed by atoms with E-state index in [2.05, 4.69) is 11.6 Å². The number of anilines is 1. The lowest BCUT2D eigenvalue weighted by Gasteiger charge is -2.09. The van der Waals surface area contributed by atoms with E-state index < -0.39 is 20.1 Å². The zero-order chi connectivity index (χ0) is 21.3. The van der Waals surface area contributed by atoms with Crippen LogP contribution in [-0.4, -0.2) is 28.5 Å². The van der Waals surface area contributed by atoms with Crippen LogP contribution in [0.5, 0.6) is 5.75 Å². The van der Waals surface area contributed by atoms with Crippen LogP contribution in [0.3, 0.4) is 0 Å². The van der Waals surface area contributed by atoms with Gasteiger partial charge in [0.25, 0.3) is 20.1 Å². The van der Waals surface area contributed by atoms with Crippen LogP contribution < -0.4 is 4.72 Å². The molecule has 2 aromatic carbocycles. The maximum absolute atomic E-state index is 12.4. The van der Waals surface area contributed by atoms with E-state index in [0.717, 1.165) is 25.7 Å². The number of phenolic OH excluding ortho intramolecular Hbond substituents is 1. The maximum atomic E-state index is 12.4. The van der Waals surface area contributed by atoms with E-state index in [1.54, 1.807) is 0 Å². The lowest BCUT2D eigenvalue weighted by molar-refractivity contribution is 0.306. The van der Waals surface area contributed by atoms with Crippen molar-refractivity contribution in [3.05, 3.63) is 48.5 Å². The van der Waals surface area contributed by atoms with Gasteiger partial charge < -0.3 is 5.11 Å². The predicted molar refractivity (Wildman–Crippen MR) is 112 cm³/mol. The average molecular weight is 442 g/mol. The molecule has 0 atom stereocenters. The number of unbranched alkanes of at least 4 members (excludes halogenated alkanes) is 5. The Bertz CT molecular complexity index is 969. The molecule has 160 valence electrons. The lowest BCUT2D eigenvalue weighted by Crippen LogP contribution is -2.13. The second kappa shape index (κ2) is 10.6. The van der Waals surface area contributed by atoms with Crippen LogP contribution in [0.1, 0.15) is 45.4 Å². The van der Waals surface area contributed by atoms with Gasteiger partial charge >= 0.3 is 0 Å². The minimum atomic E-state index is -3.93. The average Bonchev–Trinajstić information content (AvgIpc) is 2.69. The molecular weight excluding hydrogens is 414 g/mol. The standard InChI is InChI=1S/C20H27NO6S2/c1-2-3-4-5-6-7-16-27-29(25,26)20-14-12-19(13-15-20)28(23,24)21-17-8-10-18(22)11-9-17/h8-15,21-22H,2-7,16H2,1H3. The number of aromatic hydroxyl groups is 1. The molecule has 2 N–H and O–H groups in total. The summed E-state index contributed by atoms with van der Waals surface area (Å²) in [4.78, 5) is -0.174. The smallest absolute Gasteiger partial charge is 0.296 e. The highest BCUT2D eigenvalue weighted by Crippen LogP contribution is 2.21. The van der Waals surface area contributed by atoms with Gasteiger partial charge in [0, 0.05) is 5.69 Å². The summed E-state index contributed by atoms with van der Waals surface area (Å²) in [5.41, 5.74) is 0.279. The summed E-state index contributed by atoms with van der Waals surface area (Å²) in [7, 11) is -7.81. The van der Waals surface area contributed by atoms with Crippen molar-refractivity contribution in [3.63, 3.8) is 0 Å². The number of hydrogen-bond acceptors (Lipinski definition) is 6. The minimum absolute atomic E-state index is 0.0171. The summed E-state index contributed by atoms with van der Waals surface area (Å²) in [6.45, 7) is 2.24. The second-order valence-corrected chi connectivity index (χ2v) is 9.97. The topological polar surface area (TPSA) is 110 Å². The van der Waals surface area contributed by atoms with Gasteiger partial charge in [0.1, 0.15) is 5.75 Å². The molecule has 0 bridgehead atoms. The third-order valence-corrected chi connectivity index (χ3v) is 7.00. The fourth-order valence-corrected chi connectivity index (χ4v) is 4.65. The first-order valence-corrected chi connectivity index (χ1v) is 12.4. The van der Waals surface area contributed by atoms with Gasteiger partial charge in [-0.15, -0.1) is 0 Å². The summed E-state index contributed by atoms with van der Waals surface area (Å²) in [6.07, 6.45) is 6.09. The van der Waals surface area contributed by atoms with E-state index >= 15 is 0 Å². The zero-order valence-corrected chi connectivity index (χ0v) is 18.0. The van der Waals surface area contributed by atoms with E-state index in [9.17, 15) is 21.9 Å². The Hall–Kier alpha value is -2.10. The van der Waals surface area contributed by atoms with Crippen LogP contribution in [0.4, 0.5) is 5.69 Å². The molecule has 9 heteroatoms. The molecule has 0 saturated heterocycles. The van der Waals surface area contributed by atoms with Crippen LogP contribution in [0, 0.1) is 0 Å². The Morgan fingerprint density at radius 2 is 1.34 bits per heavy atom. The maximum Gasteiger partial charge on any atom is 0.296 e. The van der Waals surface area contributed by atoms with Gasteiger partial charge in [0.05, 0.1) is 16.4 Å². The highest BCUT2D eigenvalue weighted by atomic mass is 32.2. The van der Waals surface area contributed by atoms with Crippen LogP contribution in [0.15, 0.2) is 58.3 Å². The van der Waals surface area contributed by atoms with Crippen LogP contribution >= 0.6 is 0 Å². The minimum Gasteiger partial charge on any atom is -0.508 e. The zero-order valence-electron chi connectivity index (χ0n) is 16.4. The lowest BCUT2D eigenvalue weighted by atomic mass is 10.1. The van der Waals surface area contributed by atoms with Crippen molar-refractivity contribution < 1.29 is 26.1 Å². The molecule has 0 unspecified atom stereocenters. The first kappa shape index (κ1) is 23.2. The fraction of sp³-hybridized carbons (Fsp3) is 0.400. The summed E-state index contributed by atoms with van der Waals surface area (Å²) >= 11 is 0. The number of hydrogen-bond donors (Lipinski definition) is 2. The Morgan fingerprint density at radius 3 is 1.97 bits per heavy atom. The molecule has 2 aromatic rings. The normalized spacial score (nSPS) is 12.0. The van der Waals surface area contributed by atoms with Gasteiger partial charge in [0.15, 0.2) is 0 Å². The van der Waals surface area contributed by atoms with Crippen molar-refractivity contribution in [3.8, 4) is 5.75 Å². The summed E-state index contributed by atoms with van der Waals surface area (Å²) in [5.74, 6) is 0.0171. The number of nitrogens with one attached hydrogen (secondary N) is 1. The van der Waals surface area contributed by atoms with Gasteiger partial charge in [-0.25, -0.2) is 8.42 Å². The van der Waals surface area contributed by atoms with Crippen molar-refractivity contribution in [2.45, 2.75) is 55.2 Å². The first-order valence-electron chi connectivity index (χ1n) is 9.56. The third-order valence-electron chi connectivity index (χ3n) is 4.28. The summed E-state index contributed by atoms with van der Waals surface area (Å²) < 4.78 is 56.7. The van der Waals surface area contributed by atoms with E-state index in [1.807, 2.05) is 0 Å². The van der Waals surface area contributed by atoms with E-state index in [-0.39, 0.29) is 27.8 Å². The quantitative estimate of drug-likeness (QED) is 0.289. The molecule has 0 saturated carbocycles. The van der Waals surface area contributed by atoms with Gasteiger partial charge in [-0.3, -0.25) is 8.91 Å². The van der Waals surface area contributed by atoms with E-state index in [4.69, 9.17) is 4.18 Å². The van der Waals surface area contributed by atoms with Gasteiger partial charge in [-0.2, -0.15) is 8.42 Å². The Morgan fingerprint density at radius 1 is 0.793 bits per heavy atom. The number of phenols is 1. The third kappa shape index (κ3) is 7.34. The SMILES string of the molecule is CCCCCCCCOS(=O)(=O)c1ccc(S(=O)(=O)Nc2ccc(O)cc2)cc1. The predicted octanol–water partition coefficient (Wildman–Crippen LogP) is 4.26. The highest BCUT2D eigenvalue weighted by molar-refractivity contribution is 7.92. The van der Waals surface area contributed by atoms with Gasteiger partial charge in [-0.1, -0.05) is 39.0 Å². The molecule has 2 rings (SSSR count). The largest absolute Gasteiger partial charge is 0.508 e. The molecule has 0 spiro atoms. The number of benzene rings is 2. The monoisotopic (exact) mass is 441 g/mol. The second-order valence-electron chi connectivity index (χ2n) is 6.67. The molecule has 29 heavy (non-hydrogen) atoms. The molecule has 0 heterocycles. The Kier molecular flexibility index (Phi) is 8.48. The molecule has 0 aromatic heterocycles. The molecule has 7 nitrogen and oxygen atoms in total. The van der Waals surface area contributed by atoms with Crippen LogP contribution in [0.25, 0.3) is 0 Å². The molecule has 0 amide bonds. The Labute approximate surface area is 172 Å². The van der Waals surface area contributed by atoms with Crippen molar-refractivity contribution in [2.24, 2.45) is 0 Å². The molecule has 0 aliphatic rings. The van der Waals surface area contributed by atoms with Crippen LogP contribution in [-0.2, 0) is 24.3 Å². The summed E-state index contributed by atoms with van der Waals surface area (Å²) in [5, 5.41) is 9.26.